The molecule has 7 nitrogen and oxygen atoms in total. The number of nitrogens with zero attached hydrogens (tertiary/aromatic N) is 3. The van der Waals surface area contributed by atoms with Crippen LogP contribution in [0.4, 0.5) is 6.01 Å². The van der Waals surface area contributed by atoms with Crippen molar-refractivity contribution in [2.24, 2.45) is 0 Å². The first-order valence-corrected chi connectivity index (χ1v) is 7.99. The average molecular weight is 326 g/mol. The normalized spacial score (nSPS) is 10.9. The van der Waals surface area contributed by atoms with E-state index in [2.05, 4.69) is 14.9 Å². The molecule has 8 heteroatoms. The summed E-state index contributed by atoms with van der Waals surface area (Å²) < 4.78 is 32.0. The topological polar surface area (TPSA) is 109 Å². The van der Waals surface area contributed by atoms with Crippen molar-refractivity contribution in [2.45, 2.75) is 4.90 Å². The van der Waals surface area contributed by atoms with E-state index in [1.807, 2.05) is 12.1 Å². The zero-order chi connectivity index (χ0) is 16.3. The van der Waals surface area contributed by atoms with Crippen LogP contribution in [0.2, 0.25) is 0 Å². The molecule has 0 saturated heterocycles. The molecular weight excluding hydrogens is 316 g/mol. The Hall–Kier alpha value is -3.18. The van der Waals surface area contributed by atoms with Crippen molar-refractivity contribution >= 4 is 16.0 Å². The van der Waals surface area contributed by atoms with Crippen LogP contribution in [0.15, 0.2) is 63.9 Å². The Kier molecular flexibility index (Phi) is 3.78. The number of hydrogen-bond donors (Lipinski definition) is 1. The number of hydrogen-bond acceptors (Lipinski definition) is 6. The Morgan fingerprint density at radius 1 is 1.04 bits per heavy atom. The van der Waals surface area contributed by atoms with Gasteiger partial charge >= 0.3 is 6.01 Å². The number of sulfonamides is 1. The van der Waals surface area contributed by atoms with Gasteiger partial charge in [-0.05, 0) is 30.3 Å². The molecule has 0 aliphatic heterocycles. The Balaban J connectivity index is 1.87. The summed E-state index contributed by atoms with van der Waals surface area (Å²) in [7, 11) is -3.91. The molecule has 0 atom stereocenters. The monoisotopic (exact) mass is 326 g/mol. The van der Waals surface area contributed by atoms with Crippen molar-refractivity contribution in [2.75, 3.05) is 4.72 Å². The van der Waals surface area contributed by atoms with Gasteiger partial charge in [0.2, 0.25) is 5.89 Å². The zero-order valence-electron chi connectivity index (χ0n) is 11.7. The summed E-state index contributed by atoms with van der Waals surface area (Å²) in [6, 6.07) is 16.2. The lowest BCUT2D eigenvalue weighted by Crippen LogP contribution is -2.13. The molecule has 0 aliphatic carbocycles. The summed E-state index contributed by atoms with van der Waals surface area (Å²) in [6.45, 7) is 0. The van der Waals surface area contributed by atoms with Gasteiger partial charge in [0.05, 0.1) is 16.5 Å². The molecule has 2 aromatic carbocycles. The zero-order valence-corrected chi connectivity index (χ0v) is 12.5. The van der Waals surface area contributed by atoms with E-state index in [0.717, 1.165) is 0 Å². The molecule has 0 spiro atoms. The van der Waals surface area contributed by atoms with Gasteiger partial charge in [-0.1, -0.05) is 29.4 Å². The molecule has 0 fully saturated rings. The molecule has 0 radical (unpaired) electrons. The summed E-state index contributed by atoms with van der Waals surface area (Å²) in [4.78, 5) is -0.0592. The number of anilines is 1. The van der Waals surface area contributed by atoms with Gasteiger partial charge in [0.25, 0.3) is 10.0 Å². The molecule has 0 aliphatic rings. The lowest BCUT2D eigenvalue weighted by Gasteiger charge is -2.03. The van der Waals surface area contributed by atoms with Crippen LogP contribution in [0.5, 0.6) is 0 Å². The molecule has 1 heterocycles. The van der Waals surface area contributed by atoms with E-state index in [-0.39, 0.29) is 22.4 Å². The third-order valence-corrected chi connectivity index (χ3v) is 4.26. The van der Waals surface area contributed by atoms with Crippen LogP contribution in [0.1, 0.15) is 5.56 Å². The van der Waals surface area contributed by atoms with Crippen molar-refractivity contribution in [1.29, 1.82) is 5.26 Å². The van der Waals surface area contributed by atoms with Gasteiger partial charge in [0.15, 0.2) is 0 Å². The van der Waals surface area contributed by atoms with Crippen LogP contribution in [0, 0.1) is 11.3 Å². The second-order valence-electron chi connectivity index (χ2n) is 4.52. The smallest absolute Gasteiger partial charge is 0.330 e. The molecule has 23 heavy (non-hydrogen) atoms. The van der Waals surface area contributed by atoms with Crippen molar-refractivity contribution in [3.05, 3.63) is 60.2 Å². The quantitative estimate of drug-likeness (QED) is 0.788. The molecule has 1 N–H and O–H groups in total. The maximum absolute atomic E-state index is 12.3. The molecule has 1 aromatic heterocycles. The molecule has 3 aromatic rings. The average Bonchev–Trinajstić information content (AvgIpc) is 3.03. The predicted octanol–water partition coefficient (Wildman–Crippen LogP) is 2.41. The van der Waals surface area contributed by atoms with Crippen LogP contribution < -0.4 is 4.72 Å². The second-order valence-corrected chi connectivity index (χ2v) is 6.21. The Bertz CT molecular complexity index is 975. The highest BCUT2D eigenvalue weighted by molar-refractivity contribution is 7.92. The number of nitriles is 1. The minimum atomic E-state index is -3.91. The largest absolute Gasteiger partial charge is 0.403 e. The third-order valence-electron chi connectivity index (χ3n) is 2.94. The van der Waals surface area contributed by atoms with Crippen LogP contribution in [0.25, 0.3) is 11.5 Å². The summed E-state index contributed by atoms with van der Waals surface area (Å²) in [5, 5.41) is 16.3. The molecule has 0 unspecified atom stereocenters. The highest BCUT2D eigenvalue weighted by atomic mass is 32.2. The maximum atomic E-state index is 12.3. The fourth-order valence-electron chi connectivity index (χ4n) is 1.87. The molecule has 3 rings (SSSR count). The number of rotatable bonds is 4. The number of aromatic nitrogens is 2. The second kappa shape index (κ2) is 5.90. The van der Waals surface area contributed by atoms with Crippen LogP contribution >= 0.6 is 0 Å². The maximum Gasteiger partial charge on any atom is 0.330 e. The first-order chi connectivity index (χ1) is 11.1. The molecule has 0 amide bonds. The van der Waals surface area contributed by atoms with Gasteiger partial charge in [-0.3, -0.25) is 0 Å². The van der Waals surface area contributed by atoms with Gasteiger partial charge < -0.3 is 4.42 Å². The Morgan fingerprint density at radius 3 is 2.57 bits per heavy atom. The lowest BCUT2D eigenvalue weighted by molar-refractivity contribution is 0.577. The van der Waals surface area contributed by atoms with Gasteiger partial charge in [-0.15, -0.1) is 5.10 Å². The van der Waals surface area contributed by atoms with Gasteiger partial charge in [-0.25, -0.2) is 13.1 Å². The van der Waals surface area contributed by atoms with Crippen LogP contribution in [0.3, 0.4) is 0 Å². The predicted molar refractivity (Wildman–Crippen MR) is 81.7 cm³/mol. The first kappa shape index (κ1) is 14.7. The highest BCUT2D eigenvalue weighted by Gasteiger charge is 2.18. The molecular formula is C15H10N4O3S. The Morgan fingerprint density at radius 2 is 1.83 bits per heavy atom. The fraction of sp³-hybridized carbons (Fsp3) is 0. The summed E-state index contributed by atoms with van der Waals surface area (Å²) >= 11 is 0. The number of benzene rings is 2. The molecule has 0 saturated carbocycles. The summed E-state index contributed by atoms with van der Waals surface area (Å²) in [5.74, 6) is 0.203. The van der Waals surface area contributed by atoms with Gasteiger partial charge in [-0.2, -0.15) is 5.26 Å². The van der Waals surface area contributed by atoms with E-state index in [1.54, 1.807) is 24.3 Å². The lowest BCUT2D eigenvalue weighted by atomic mass is 10.2. The van der Waals surface area contributed by atoms with Crippen LogP contribution in [-0.2, 0) is 10.0 Å². The van der Waals surface area contributed by atoms with E-state index >= 15 is 0 Å². The third kappa shape index (κ3) is 3.20. The molecule has 0 bridgehead atoms. The van der Waals surface area contributed by atoms with E-state index in [0.29, 0.717) is 5.56 Å². The minimum absolute atomic E-state index is 0.0592. The number of nitrogens with one attached hydrogen (secondary N) is 1. The van der Waals surface area contributed by atoms with Crippen LogP contribution in [-0.4, -0.2) is 18.6 Å². The van der Waals surface area contributed by atoms with Crippen molar-refractivity contribution in [1.82, 2.24) is 10.2 Å². The Labute approximate surface area is 132 Å². The van der Waals surface area contributed by atoms with Crippen molar-refractivity contribution < 1.29 is 12.8 Å². The van der Waals surface area contributed by atoms with Crippen molar-refractivity contribution in [3.63, 3.8) is 0 Å². The SMILES string of the molecule is N#Cc1cccc(S(=O)(=O)Nc2nnc(-c3ccccc3)o2)c1. The van der Waals surface area contributed by atoms with E-state index in [9.17, 15) is 8.42 Å². The van der Waals surface area contributed by atoms with E-state index < -0.39 is 10.0 Å². The minimum Gasteiger partial charge on any atom is -0.403 e. The van der Waals surface area contributed by atoms with E-state index in [4.69, 9.17) is 9.68 Å². The van der Waals surface area contributed by atoms with Gasteiger partial charge in [0.1, 0.15) is 0 Å². The highest BCUT2D eigenvalue weighted by Crippen LogP contribution is 2.21. The summed E-state index contributed by atoms with van der Waals surface area (Å²) in [5.41, 5.74) is 0.917. The standard InChI is InChI=1S/C15H10N4O3S/c16-10-11-5-4-8-13(9-11)23(20,21)19-15-18-17-14(22-15)12-6-2-1-3-7-12/h1-9H,(H,18,19). The summed E-state index contributed by atoms with van der Waals surface area (Å²) in [6.07, 6.45) is 0. The molecule has 114 valence electrons. The first-order valence-electron chi connectivity index (χ1n) is 6.50. The van der Waals surface area contributed by atoms with Gasteiger partial charge in [0, 0.05) is 5.56 Å². The van der Waals surface area contributed by atoms with E-state index in [1.165, 1.54) is 24.3 Å². The van der Waals surface area contributed by atoms with Crippen molar-refractivity contribution in [3.8, 4) is 17.5 Å². The fourth-order valence-corrected chi connectivity index (χ4v) is 2.84.